The van der Waals surface area contributed by atoms with Crippen LogP contribution in [0.2, 0.25) is 0 Å². The first-order chi connectivity index (χ1) is 5.27. The Morgan fingerprint density at radius 1 is 1.00 bits per heavy atom. The lowest BCUT2D eigenvalue weighted by molar-refractivity contribution is 0.431. The van der Waals surface area contributed by atoms with E-state index in [1.165, 1.54) is 32.1 Å². The van der Waals surface area contributed by atoms with Crippen molar-refractivity contribution in [1.29, 1.82) is 0 Å². The van der Waals surface area contributed by atoms with Crippen LogP contribution < -0.4 is 0 Å². The molecule has 0 N–H and O–H groups in total. The van der Waals surface area contributed by atoms with Gasteiger partial charge in [0.2, 0.25) is 0 Å². The predicted octanol–water partition coefficient (Wildman–Crippen LogP) is 2.78. The normalized spacial score (nSPS) is 10.9. The minimum atomic E-state index is 0.701. The van der Waals surface area contributed by atoms with Crippen molar-refractivity contribution in [3.05, 3.63) is 5.21 Å². The summed E-state index contributed by atoms with van der Waals surface area (Å²) in [5.74, 6) is 0. The van der Waals surface area contributed by atoms with Gasteiger partial charge in [-0.2, -0.15) is 0 Å². The fraction of sp³-hybridized carbons (Fsp3) is 1.00. The molecule has 0 fully saturated rings. The molecule has 0 spiro atoms. The lowest BCUT2D eigenvalue weighted by Crippen LogP contribution is -2.10. The van der Waals surface area contributed by atoms with Gasteiger partial charge in [0.1, 0.15) is 0 Å². The molecule has 11 heavy (non-hydrogen) atoms. The van der Waals surface area contributed by atoms with Gasteiger partial charge in [0.15, 0.2) is 0 Å². The summed E-state index contributed by atoms with van der Waals surface area (Å²) in [7, 11) is 1.59. The van der Waals surface area contributed by atoms with Crippen LogP contribution in [0.25, 0.3) is 0 Å². The minimum absolute atomic E-state index is 0.701. The van der Waals surface area contributed by atoms with E-state index in [9.17, 15) is 5.21 Å². The molecule has 0 saturated heterocycles. The van der Waals surface area contributed by atoms with Gasteiger partial charge in [-0.05, 0) is 20.0 Å². The van der Waals surface area contributed by atoms with E-state index in [2.05, 4.69) is 6.92 Å². The highest BCUT2D eigenvalue weighted by atomic mass is 16.5. The van der Waals surface area contributed by atoms with Crippen LogP contribution in [-0.2, 0) is 0 Å². The van der Waals surface area contributed by atoms with Crippen molar-refractivity contribution in [2.75, 3.05) is 13.6 Å². The monoisotopic (exact) mass is 158 g/mol. The fourth-order valence-corrected chi connectivity index (χ4v) is 1.11. The number of unbranched alkanes of at least 4 members (excludes halogenated alkanes) is 5. The number of rotatable bonds is 7. The van der Waals surface area contributed by atoms with Crippen molar-refractivity contribution in [1.82, 2.24) is 5.06 Å². The van der Waals surface area contributed by atoms with Crippen molar-refractivity contribution in [2.45, 2.75) is 45.4 Å². The molecule has 0 atom stereocenters. The first-order valence-electron chi connectivity index (χ1n) is 4.65. The Labute approximate surface area is 70.2 Å². The van der Waals surface area contributed by atoms with E-state index >= 15 is 0 Å². The second-order valence-electron chi connectivity index (χ2n) is 3.12. The maximum atomic E-state index is 10.4. The van der Waals surface area contributed by atoms with E-state index in [1.807, 2.05) is 0 Å². The predicted molar refractivity (Wildman–Crippen MR) is 49.4 cm³/mol. The quantitative estimate of drug-likeness (QED) is 0.420. The summed E-state index contributed by atoms with van der Waals surface area (Å²) in [5, 5.41) is 11.5. The summed E-state index contributed by atoms with van der Waals surface area (Å²) in [6.07, 6.45) is 7.53. The molecule has 2 nitrogen and oxygen atoms in total. The molecule has 0 aliphatic carbocycles. The molecule has 0 heterocycles. The van der Waals surface area contributed by atoms with Gasteiger partial charge >= 0.3 is 0 Å². The molecular formula is C9H20NO-. The van der Waals surface area contributed by atoms with Crippen LogP contribution in [0.4, 0.5) is 0 Å². The number of hydroxylamine groups is 2. The third-order valence-electron chi connectivity index (χ3n) is 1.83. The largest absolute Gasteiger partial charge is 0.785 e. The van der Waals surface area contributed by atoms with Crippen molar-refractivity contribution in [3.63, 3.8) is 0 Å². The average molecular weight is 158 g/mol. The van der Waals surface area contributed by atoms with Crippen LogP contribution >= 0.6 is 0 Å². The van der Waals surface area contributed by atoms with E-state index in [0.29, 0.717) is 6.54 Å². The van der Waals surface area contributed by atoms with Gasteiger partial charge in [-0.1, -0.05) is 39.0 Å². The maximum absolute atomic E-state index is 10.4. The summed E-state index contributed by atoms with van der Waals surface area (Å²) < 4.78 is 0. The summed E-state index contributed by atoms with van der Waals surface area (Å²) in [5.41, 5.74) is 0. The molecule has 0 amide bonds. The SMILES string of the molecule is CCCCCCCCN(C)[O-]. The van der Waals surface area contributed by atoms with Gasteiger partial charge in [-0.15, -0.1) is 0 Å². The van der Waals surface area contributed by atoms with Gasteiger partial charge in [0.25, 0.3) is 0 Å². The zero-order valence-corrected chi connectivity index (χ0v) is 7.81. The summed E-state index contributed by atoms with van der Waals surface area (Å²) in [6, 6.07) is 0. The second-order valence-corrected chi connectivity index (χ2v) is 3.12. The molecule has 0 aromatic carbocycles. The van der Waals surface area contributed by atoms with Gasteiger partial charge in [-0.3, -0.25) is 0 Å². The van der Waals surface area contributed by atoms with Gasteiger partial charge in [0, 0.05) is 0 Å². The Balaban J connectivity index is 2.80. The molecule has 0 bridgehead atoms. The lowest BCUT2D eigenvalue weighted by Gasteiger charge is -2.21. The summed E-state index contributed by atoms with van der Waals surface area (Å²) >= 11 is 0. The van der Waals surface area contributed by atoms with E-state index in [4.69, 9.17) is 0 Å². The Hall–Kier alpha value is -0.0800. The molecule has 2 heteroatoms. The molecule has 0 rings (SSSR count). The molecule has 0 unspecified atom stereocenters. The highest BCUT2D eigenvalue weighted by Crippen LogP contribution is 2.04. The Morgan fingerprint density at radius 3 is 2.09 bits per heavy atom. The smallest absolute Gasteiger partial charge is 0.0147 e. The van der Waals surface area contributed by atoms with Crippen LogP contribution in [0.15, 0.2) is 0 Å². The van der Waals surface area contributed by atoms with Crippen molar-refractivity contribution >= 4 is 0 Å². The van der Waals surface area contributed by atoms with Gasteiger partial charge in [-0.25, -0.2) is 0 Å². The first kappa shape index (κ1) is 10.9. The number of hydrogen-bond donors (Lipinski definition) is 0. The van der Waals surface area contributed by atoms with E-state index < -0.39 is 0 Å². The highest BCUT2D eigenvalue weighted by Gasteiger charge is 1.88. The summed E-state index contributed by atoms with van der Waals surface area (Å²) in [4.78, 5) is 0. The third-order valence-corrected chi connectivity index (χ3v) is 1.83. The average Bonchev–Trinajstić information content (AvgIpc) is 1.96. The third kappa shape index (κ3) is 9.92. The zero-order valence-electron chi connectivity index (χ0n) is 7.81. The Bertz CT molecular complexity index is 74.0. The highest BCUT2D eigenvalue weighted by molar-refractivity contribution is 4.50. The Kier molecular flexibility index (Phi) is 7.96. The second kappa shape index (κ2) is 8.02. The van der Waals surface area contributed by atoms with Crippen LogP contribution in [0.3, 0.4) is 0 Å². The molecule has 0 aliphatic rings. The standard InChI is InChI=1S/C9H20NO/c1-3-4-5-6-7-8-9-10(2)11/h3-9H2,1-2H3/q-1. The van der Waals surface area contributed by atoms with Gasteiger partial charge < -0.3 is 10.3 Å². The van der Waals surface area contributed by atoms with Crippen LogP contribution in [0.1, 0.15) is 45.4 Å². The van der Waals surface area contributed by atoms with Crippen LogP contribution in [0, 0.1) is 5.21 Å². The zero-order chi connectivity index (χ0) is 8.53. The van der Waals surface area contributed by atoms with Crippen LogP contribution in [-0.4, -0.2) is 18.7 Å². The number of hydrogen-bond acceptors (Lipinski definition) is 2. The first-order valence-corrected chi connectivity index (χ1v) is 4.65. The molecule has 0 aromatic rings. The van der Waals surface area contributed by atoms with E-state index in [-0.39, 0.29) is 0 Å². The lowest BCUT2D eigenvalue weighted by atomic mass is 10.1. The minimum Gasteiger partial charge on any atom is -0.785 e. The molecule has 0 aliphatic heterocycles. The number of nitrogens with zero attached hydrogens (tertiary/aromatic N) is 1. The van der Waals surface area contributed by atoms with Crippen molar-refractivity contribution in [2.24, 2.45) is 0 Å². The fourth-order valence-electron chi connectivity index (χ4n) is 1.11. The molecule has 0 radical (unpaired) electrons. The van der Waals surface area contributed by atoms with Gasteiger partial charge in [0.05, 0.1) is 0 Å². The Morgan fingerprint density at radius 2 is 1.55 bits per heavy atom. The molecule has 0 saturated carbocycles. The maximum Gasteiger partial charge on any atom is -0.0147 e. The van der Waals surface area contributed by atoms with E-state index in [0.717, 1.165) is 11.5 Å². The van der Waals surface area contributed by atoms with Crippen molar-refractivity contribution in [3.8, 4) is 0 Å². The van der Waals surface area contributed by atoms with E-state index in [1.54, 1.807) is 7.05 Å². The van der Waals surface area contributed by atoms with Crippen LogP contribution in [0.5, 0.6) is 0 Å². The molecule has 0 aromatic heterocycles. The molecular weight excluding hydrogens is 138 g/mol. The summed E-state index contributed by atoms with van der Waals surface area (Å²) in [6.45, 7) is 2.91. The van der Waals surface area contributed by atoms with Crippen molar-refractivity contribution < 1.29 is 0 Å². The topological polar surface area (TPSA) is 26.3 Å². The molecule has 68 valence electrons.